The summed E-state index contributed by atoms with van der Waals surface area (Å²) in [5, 5.41) is 11.3. The molecule has 0 bridgehead atoms. The Labute approximate surface area is 138 Å². The van der Waals surface area contributed by atoms with Crippen LogP contribution in [0.4, 0.5) is 13.2 Å². The predicted octanol–water partition coefficient (Wildman–Crippen LogP) is 1.55. The van der Waals surface area contributed by atoms with Gasteiger partial charge in [0.1, 0.15) is 12.6 Å². The van der Waals surface area contributed by atoms with Gasteiger partial charge in [0.25, 0.3) is 0 Å². The molecule has 1 aromatic carbocycles. The van der Waals surface area contributed by atoms with Crippen LogP contribution in [0, 0.1) is 11.3 Å². The van der Waals surface area contributed by atoms with Crippen molar-refractivity contribution >= 4 is 5.91 Å². The second kappa shape index (κ2) is 8.13. The summed E-state index contributed by atoms with van der Waals surface area (Å²) in [7, 11) is 0. The van der Waals surface area contributed by atoms with Crippen molar-refractivity contribution in [3.63, 3.8) is 0 Å². The van der Waals surface area contributed by atoms with Crippen LogP contribution in [0.1, 0.15) is 11.6 Å². The average molecular weight is 340 g/mol. The van der Waals surface area contributed by atoms with Crippen molar-refractivity contribution in [2.45, 2.75) is 12.2 Å². The highest BCUT2D eigenvalue weighted by Crippen LogP contribution is 2.21. The number of nitrogens with one attached hydrogen (secondary N) is 1. The number of hydrogen-bond acceptors (Lipinski definition) is 4. The van der Waals surface area contributed by atoms with Crippen molar-refractivity contribution in [2.75, 3.05) is 39.3 Å². The molecule has 0 radical (unpaired) electrons. The summed E-state index contributed by atoms with van der Waals surface area (Å²) in [5.41, 5.74) is 0.913. The number of benzene rings is 1. The van der Waals surface area contributed by atoms with E-state index in [4.69, 9.17) is 0 Å². The van der Waals surface area contributed by atoms with Crippen LogP contribution in [0.25, 0.3) is 0 Å². The van der Waals surface area contributed by atoms with Crippen molar-refractivity contribution in [1.29, 1.82) is 5.26 Å². The molecule has 24 heavy (non-hydrogen) atoms. The summed E-state index contributed by atoms with van der Waals surface area (Å²) >= 11 is 0. The van der Waals surface area contributed by atoms with Gasteiger partial charge in [0.05, 0.1) is 12.6 Å². The number of nitrogens with zero attached hydrogens (tertiary/aromatic N) is 3. The van der Waals surface area contributed by atoms with Gasteiger partial charge in [-0.1, -0.05) is 30.3 Å². The van der Waals surface area contributed by atoms with E-state index >= 15 is 0 Å². The zero-order chi connectivity index (χ0) is 17.6. The minimum Gasteiger partial charge on any atom is -0.346 e. The molecule has 2 rings (SSSR count). The first-order valence-corrected chi connectivity index (χ1v) is 7.63. The van der Waals surface area contributed by atoms with E-state index in [0.717, 1.165) is 5.56 Å². The summed E-state index contributed by atoms with van der Waals surface area (Å²) in [6.45, 7) is 0.858. The van der Waals surface area contributed by atoms with Crippen molar-refractivity contribution < 1.29 is 18.0 Å². The number of piperazine rings is 1. The average Bonchev–Trinajstić information content (AvgIpc) is 2.56. The van der Waals surface area contributed by atoms with Crippen LogP contribution in [0.2, 0.25) is 0 Å². The summed E-state index contributed by atoms with van der Waals surface area (Å²) in [6.07, 6.45) is -4.40. The summed E-state index contributed by atoms with van der Waals surface area (Å²) in [5.74, 6) is -0.638. The van der Waals surface area contributed by atoms with Gasteiger partial charge in [0.15, 0.2) is 0 Å². The molecule has 1 heterocycles. The molecule has 1 amide bonds. The van der Waals surface area contributed by atoms with E-state index < -0.39 is 18.6 Å². The van der Waals surface area contributed by atoms with Crippen LogP contribution in [-0.4, -0.2) is 61.2 Å². The zero-order valence-corrected chi connectivity index (χ0v) is 13.1. The molecular formula is C16H19F3N4O. The van der Waals surface area contributed by atoms with Crippen LogP contribution in [0.15, 0.2) is 30.3 Å². The van der Waals surface area contributed by atoms with E-state index in [-0.39, 0.29) is 12.6 Å². The van der Waals surface area contributed by atoms with Crippen LogP contribution in [0.3, 0.4) is 0 Å². The Morgan fingerprint density at radius 2 is 1.83 bits per heavy atom. The fourth-order valence-electron chi connectivity index (χ4n) is 2.64. The molecule has 0 unspecified atom stereocenters. The molecule has 0 aromatic heterocycles. The number of alkyl halides is 3. The smallest absolute Gasteiger partial charge is 0.346 e. The van der Waals surface area contributed by atoms with Crippen LogP contribution in [-0.2, 0) is 4.79 Å². The predicted molar refractivity (Wildman–Crippen MR) is 81.9 cm³/mol. The van der Waals surface area contributed by atoms with Crippen LogP contribution < -0.4 is 5.32 Å². The summed E-state index contributed by atoms with van der Waals surface area (Å²) in [6, 6.07) is 11.4. The third-order valence-corrected chi connectivity index (χ3v) is 3.86. The largest absolute Gasteiger partial charge is 0.405 e. The Morgan fingerprint density at radius 3 is 2.38 bits per heavy atom. The SMILES string of the molecule is N#C[C@@H](c1ccccc1)N1CCN(CC(=O)NCC(F)(F)F)CC1. The highest BCUT2D eigenvalue weighted by molar-refractivity contribution is 5.78. The fourth-order valence-corrected chi connectivity index (χ4v) is 2.64. The van der Waals surface area contributed by atoms with Gasteiger partial charge < -0.3 is 5.32 Å². The fraction of sp³-hybridized carbons (Fsp3) is 0.500. The van der Waals surface area contributed by atoms with Gasteiger partial charge >= 0.3 is 6.18 Å². The molecule has 1 N–H and O–H groups in total. The number of nitriles is 1. The normalized spacial score (nSPS) is 17.9. The van der Waals surface area contributed by atoms with E-state index in [9.17, 15) is 23.2 Å². The molecule has 5 nitrogen and oxygen atoms in total. The topological polar surface area (TPSA) is 59.4 Å². The first kappa shape index (κ1) is 18.2. The van der Waals surface area contributed by atoms with Crippen molar-refractivity contribution in [3.8, 4) is 6.07 Å². The Hall–Kier alpha value is -2.11. The molecule has 1 aliphatic rings. The summed E-state index contributed by atoms with van der Waals surface area (Å²) in [4.78, 5) is 15.3. The van der Waals surface area contributed by atoms with E-state index in [1.54, 1.807) is 4.90 Å². The third kappa shape index (κ3) is 5.51. The highest BCUT2D eigenvalue weighted by Gasteiger charge is 2.29. The molecule has 1 fully saturated rings. The maximum atomic E-state index is 12.1. The Balaban J connectivity index is 1.81. The molecule has 0 saturated carbocycles. The monoisotopic (exact) mass is 340 g/mol. The maximum absolute atomic E-state index is 12.1. The van der Waals surface area contributed by atoms with Gasteiger partial charge in [-0.25, -0.2) is 0 Å². The molecule has 1 aromatic rings. The number of halogens is 3. The molecule has 130 valence electrons. The Morgan fingerprint density at radius 1 is 1.21 bits per heavy atom. The lowest BCUT2D eigenvalue weighted by Crippen LogP contribution is -2.50. The maximum Gasteiger partial charge on any atom is 0.405 e. The molecule has 0 aliphatic carbocycles. The first-order valence-electron chi connectivity index (χ1n) is 7.63. The second-order valence-electron chi connectivity index (χ2n) is 5.65. The second-order valence-corrected chi connectivity index (χ2v) is 5.65. The molecule has 1 saturated heterocycles. The Bertz CT molecular complexity index is 577. The van der Waals surface area contributed by atoms with Crippen LogP contribution in [0.5, 0.6) is 0 Å². The number of hydrogen-bond donors (Lipinski definition) is 1. The van der Waals surface area contributed by atoms with E-state index in [2.05, 4.69) is 6.07 Å². The Kier molecular flexibility index (Phi) is 6.17. The minimum absolute atomic E-state index is 0.0630. The van der Waals surface area contributed by atoms with Gasteiger partial charge in [-0.15, -0.1) is 0 Å². The van der Waals surface area contributed by atoms with Crippen molar-refractivity contribution in [2.24, 2.45) is 0 Å². The van der Waals surface area contributed by atoms with E-state index in [1.807, 2.05) is 40.5 Å². The first-order chi connectivity index (χ1) is 11.4. The van der Waals surface area contributed by atoms with Crippen molar-refractivity contribution in [3.05, 3.63) is 35.9 Å². The number of amides is 1. The van der Waals surface area contributed by atoms with Gasteiger partial charge in [-0.2, -0.15) is 18.4 Å². The van der Waals surface area contributed by atoms with Crippen LogP contribution >= 0.6 is 0 Å². The molecule has 1 atom stereocenters. The lowest BCUT2D eigenvalue weighted by Gasteiger charge is -2.36. The minimum atomic E-state index is -4.40. The number of carbonyl (C=O) groups is 1. The number of rotatable bonds is 5. The zero-order valence-electron chi connectivity index (χ0n) is 13.1. The van der Waals surface area contributed by atoms with E-state index in [1.165, 1.54) is 0 Å². The van der Waals surface area contributed by atoms with E-state index in [0.29, 0.717) is 26.2 Å². The standard InChI is InChI=1S/C16H19F3N4O/c17-16(18,19)12-21-15(24)11-22-6-8-23(9-7-22)14(10-20)13-4-2-1-3-5-13/h1-5,14H,6-9,11-12H2,(H,21,24)/t14-/m0/s1. The molecule has 8 heteroatoms. The van der Waals surface area contributed by atoms with Gasteiger partial charge in [0.2, 0.25) is 5.91 Å². The number of carbonyl (C=O) groups excluding carboxylic acids is 1. The molecule has 1 aliphatic heterocycles. The molecule has 0 spiro atoms. The lowest BCUT2D eigenvalue weighted by atomic mass is 10.1. The lowest BCUT2D eigenvalue weighted by molar-refractivity contribution is -0.139. The highest BCUT2D eigenvalue weighted by atomic mass is 19.4. The van der Waals surface area contributed by atoms with Gasteiger partial charge in [-0.05, 0) is 5.56 Å². The van der Waals surface area contributed by atoms with Crippen molar-refractivity contribution in [1.82, 2.24) is 15.1 Å². The quantitative estimate of drug-likeness (QED) is 0.884. The summed E-state index contributed by atoms with van der Waals surface area (Å²) < 4.78 is 36.2. The third-order valence-electron chi connectivity index (χ3n) is 3.86. The van der Waals surface area contributed by atoms with Gasteiger partial charge in [-0.3, -0.25) is 14.6 Å². The molecular weight excluding hydrogens is 321 g/mol. The van der Waals surface area contributed by atoms with Gasteiger partial charge in [0, 0.05) is 26.2 Å².